The fourth-order valence-electron chi connectivity index (χ4n) is 2.34. The second-order valence-corrected chi connectivity index (χ2v) is 5.33. The molecule has 0 aliphatic heterocycles. The molecule has 0 fully saturated rings. The number of H-pyrrole nitrogens is 1. The molecule has 7 heteroatoms. The van der Waals surface area contributed by atoms with E-state index in [0.29, 0.717) is 17.6 Å². The summed E-state index contributed by atoms with van der Waals surface area (Å²) in [4.78, 5) is 16.2. The van der Waals surface area contributed by atoms with Crippen molar-refractivity contribution in [1.82, 2.24) is 19.9 Å². The van der Waals surface area contributed by atoms with E-state index in [1.165, 1.54) is 0 Å². The second kappa shape index (κ2) is 6.57. The summed E-state index contributed by atoms with van der Waals surface area (Å²) in [6.45, 7) is 3.85. The predicted octanol–water partition coefficient (Wildman–Crippen LogP) is 3.24. The molecule has 0 aliphatic rings. The first-order valence-electron chi connectivity index (χ1n) is 7.46. The van der Waals surface area contributed by atoms with Crippen molar-refractivity contribution in [2.45, 2.75) is 13.8 Å². The standard InChI is InChI=1S/C17H19N5O2/c1-10-7-15(24-4)22-17(20-10)21-12-5-6-13(14(8-12)23-3)16-18-9-11(2)19-16/h5-9H,1-4H3,(H,18,19)(H,20,21,22). The van der Waals surface area contributed by atoms with E-state index in [1.807, 2.05) is 32.0 Å². The maximum atomic E-state index is 5.49. The number of rotatable bonds is 5. The largest absolute Gasteiger partial charge is 0.496 e. The first-order chi connectivity index (χ1) is 11.6. The summed E-state index contributed by atoms with van der Waals surface area (Å²) in [5.41, 5.74) is 3.51. The molecule has 0 radical (unpaired) electrons. The third kappa shape index (κ3) is 3.29. The minimum Gasteiger partial charge on any atom is -0.496 e. The smallest absolute Gasteiger partial charge is 0.230 e. The lowest BCUT2D eigenvalue weighted by Gasteiger charge is -2.11. The van der Waals surface area contributed by atoms with Gasteiger partial charge in [-0.25, -0.2) is 9.97 Å². The van der Waals surface area contributed by atoms with Crippen LogP contribution in [0, 0.1) is 13.8 Å². The second-order valence-electron chi connectivity index (χ2n) is 5.33. The molecule has 7 nitrogen and oxygen atoms in total. The zero-order valence-corrected chi connectivity index (χ0v) is 14.0. The van der Waals surface area contributed by atoms with E-state index in [4.69, 9.17) is 9.47 Å². The van der Waals surface area contributed by atoms with Crippen molar-refractivity contribution in [3.8, 4) is 23.0 Å². The molecule has 24 heavy (non-hydrogen) atoms. The monoisotopic (exact) mass is 325 g/mol. The molecule has 0 saturated heterocycles. The number of benzene rings is 1. The first-order valence-corrected chi connectivity index (χ1v) is 7.46. The summed E-state index contributed by atoms with van der Waals surface area (Å²) < 4.78 is 10.7. The highest BCUT2D eigenvalue weighted by Crippen LogP contribution is 2.31. The quantitative estimate of drug-likeness (QED) is 0.749. The van der Waals surface area contributed by atoms with E-state index in [9.17, 15) is 0 Å². The maximum Gasteiger partial charge on any atom is 0.230 e. The summed E-state index contributed by atoms with van der Waals surface area (Å²) >= 11 is 0. The van der Waals surface area contributed by atoms with Gasteiger partial charge in [0, 0.05) is 35.4 Å². The Morgan fingerprint density at radius 1 is 1.04 bits per heavy atom. The highest BCUT2D eigenvalue weighted by Gasteiger charge is 2.11. The summed E-state index contributed by atoms with van der Waals surface area (Å²) in [5.74, 6) is 2.45. The Hall–Kier alpha value is -3.09. The summed E-state index contributed by atoms with van der Waals surface area (Å²) in [6.07, 6.45) is 1.79. The highest BCUT2D eigenvalue weighted by molar-refractivity contribution is 5.70. The molecular weight excluding hydrogens is 306 g/mol. The summed E-state index contributed by atoms with van der Waals surface area (Å²) in [5, 5.41) is 3.17. The van der Waals surface area contributed by atoms with E-state index in [0.717, 1.165) is 28.5 Å². The van der Waals surface area contributed by atoms with E-state index < -0.39 is 0 Å². The lowest BCUT2D eigenvalue weighted by Crippen LogP contribution is -2.01. The highest BCUT2D eigenvalue weighted by atomic mass is 16.5. The number of aromatic nitrogens is 4. The predicted molar refractivity (Wildman–Crippen MR) is 91.9 cm³/mol. The fourth-order valence-corrected chi connectivity index (χ4v) is 2.34. The van der Waals surface area contributed by atoms with Gasteiger partial charge in [-0.1, -0.05) is 0 Å². The molecule has 0 bridgehead atoms. The first kappa shape index (κ1) is 15.8. The Morgan fingerprint density at radius 3 is 2.54 bits per heavy atom. The van der Waals surface area contributed by atoms with Crippen LogP contribution in [0.5, 0.6) is 11.6 Å². The number of hydrogen-bond acceptors (Lipinski definition) is 6. The fraction of sp³-hybridized carbons (Fsp3) is 0.235. The van der Waals surface area contributed by atoms with Crippen LogP contribution in [0.2, 0.25) is 0 Å². The van der Waals surface area contributed by atoms with Gasteiger partial charge in [0.15, 0.2) is 0 Å². The SMILES string of the molecule is COc1cc(C)nc(Nc2ccc(-c3ncc(C)[nH]3)c(OC)c2)n1. The van der Waals surface area contributed by atoms with Gasteiger partial charge in [0.2, 0.25) is 11.8 Å². The van der Waals surface area contributed by atoms with Crippen molar-refractivity contribution in [3.63, 3.8) is 0 Å². The Kier molecular flexibility index (Phi) is 4.33. The lowest BCUT2D eigenvalue weighted by molar-refractivity contribution is 0.397. The van der Waals surface area contributed by atoms with Crippen molar-refractivity contribution in [1.29, 1.82) is 0 Å². The van der Waals surface area contributed by atoms with Crippen LogP contribution in [0.1, 0.15) is 11.4 Å². The minimum atomic E-state index is 0.468. The molecule has 2 aromatic heterocycles. The third-order valence-electron chi connectivity index (χ3n) is 3.46. The molecule has 0 spiro atoms. The number of imidazole rings is 1. The summed E-state index contributed by atoms with van der Waals surface area (Å²) in [6, 6.07) is 7.51. The Morgan fingerprint density at radius 2 is 1.88 bits per heavy atom. The number of aromatic amines is 1. The average molecular weight is 325 g/mol. The number of ether oxygens (including phenoxy) is 2. The van der Waals surface area contributed by atoms with Crippen LogP contribution in [0.15, 0.2) is 30.5 Å². The van der Waals surface area contributed by atoms with Gasteiger partial charge in [0.25, 0.3) is 0 Å². The van der Waals surface area contributed by atoms with Crippen LogP contribution in [0.3, 0.4) is 0 Å². The van der Waals surface area contributed by atoms with Crippen LogP contribution >= 0.6 is 0 Å². The number of aryl methyl sites for hydroxylation is 2. The van der Waals surface area contributed by atoms with Crippen LogP contribution in [0.4, 0.5) is 11.6 Å². The Balaban J connectivity index is 1.91. The summed E-state index contributed by atoms with van der Waals surface area (Å²) in [7, 11) is 3.21. The molecule has 0 saturated carbocycles. The van der Waals surface area contributed by atoms with E-state index in [2.05, 4.69) is 25.3 Å². The van der Waals surface area contributed by atoms with Gasteiger partial charge in [-0.3, -0.25) is 0 Å². The number of anilines is 2. The molecule has 1 aromatic carbocycles. The van der Waals surface area contributed by atoms with Gasteiger partial charge >= 0.3 is 0 Å². The van der Waals surface area contributed by atoms with Crippen LogP contribution in [-0.4, -0.2) is 34.2 Å². The van der Waals surface area contributed by atoms with Crippen molar-refractivity contribution >= 4 is 11.6 Å². The van der Waals surface area contributed by atoms with Crippen LogP contribution < -0.4 is 14.8 Å². The molecule has 2 heterocycles. The number of nitrogens with zero attached hydrogens (tertiary/aromatic N) is 3. The molecular formula is C17H19N5O2. The maximum absolute atomic E-state index is 5.49. The number of nitrogens with one attached hydrogen (secondary N) is 2. The van der Waals surface area contributed by atoms with Crippen molar-refractivity contribution in [3.05, 3.63) is 41.9 Å². The zero-order valence-electron chi connectivity index (χ0n) is 14.0. The normalized spacial score (nSPS) is 10.5. The van der Waals surface area contributed by atoms with Gasteiger partial charge in [-0.2, -0.15) is 4.98 Å². The third-order valence-corrected chi connectivity index (χ3v) is 3.46. The van der Waals surface area contributed by atoms with Gasteiger partial charge in [-0.15, -0.1) is 0 Å². The molecule has 0 aliphatic carbocycles. The molecule has 0 atom stereocenters. The molecule has 3 rings (SSSR count). The van der Waals surface area contributed by atoms with Crippen molar-refractivity contribution in [2.24, 2.45) is 0 Å². The Labute approximate surface area is 140 Å². The Bertz CT molecular complexity index is 860. The molecule has 2 N–H and O–H groups in total. The van der Waals surface area contributed by atoms with E-state index in [-0.39, 0.29) is 0 Å². The van der Waals surface area contributed by atoms with Gasteiger partial charge in [0.1, 0.15) is 11.6 Å². The van der Waals surface area contributed by atoms with E-state index >= 15 is 0 Å². The average Bonchev–Trinajstić information content (AvgIpc) is 3.00. The van der Waals surface area contributed by atoms with Crippen molar-refractivity contribution < 1.29 is 9.47 Å². The van der Waals surface area contributed by atoms with Gasteiger partial charge < -0.3 is 19.8 Å². The lowest BCUT2D eigenvalue weighted by atomic mass is 10.1. The number of methoxy groups -OCH3 is 2. The van der Waals surface area contributed by atoms with Gasteiger partial charge in [0.05, 0.1) is 19.8 Å². The molecule has 0 unspecified atom stereocenters. The van der Waals surface area contributed by atoms with Crippen LogP contribution in [0.25, 0.3) is 11.4 Å². The van der Waals surface area contributed by atoms with Crippen molar-refractivity contribution in [2.75, 3.05) is 19.5 Å². The topological polar surface area (TPSA) is 85.0 Å². The zero-order chi connectivity index (χ0) is 17.1. The molecule has 124 valence electrons. The molecule has 3 aromatic rings. The minimum absolute atomic E-state index is 0.468. The van der Waals surface area contributed by atoms with Gasteiger partial charge in [-0.05, 0) is 26.0 Å². The van der Waals surface area contributed by atoms with E-state index in [1.54, 1.807) is 26.5 Å². The molecule has 0 amide bonds. The van der Waals surface area contributed by atoms with Crippen LogP contribution in [-0.2, 0) is 0 Å². The number of hydrogen-bond donors (Lipinski definition) is 2.